The molecular formula is C41H41F6N7O3. The van der Waals surface area contributed by atoms with E-state index in [9.17, 15) is 35.9 Å². The van der Waals surface area contributed by atoms with Gasteiger partial charge in [-0.15, -0.1) is 10.2 Å². The monoisotopic (exact) mass is 793 g/mol. The summed E-state index contributed by atoms with van der Waals surface area (Å²) >= 11 is 0. The number of nitrogens with zero attached hydrogens (tertiary/aromatic N) is 6. The van der Waals surface area contributed by atoms with Crippen LogP contribution in [-0.4, -0.2) is 54.5 Å². The first kappa shape index (κ1) is 41.1. The van der Waals surface area contributed by atoms with Gasteiger partial charge < -0.3 is 9.73 Å². The Morgan fingerprint density at radius 1 is 0.632 bits per heavy atom. The topological polar surface area (TPSA) is 137 Å². The van der Waals surface area contributed by atoms with Crippen LogP contribution in [0.25, 0.3) is 11.5 Å². The Morgan fingerprint density at radius 3 is 1.51 bits per heavy atom. The Labute approximate surface area is 325 Å². The highest BCUT2D eigenvalue weighted by Gasteiger charge is 2.40. The van der Waals surface area contributed by atoms with E-state index in [0.717, 1.165) is 51.4 Å². The lowest BCUT2D eigenvalue weighted by Crippen LogP contribution is -2.39. The fourth-order valence-corrected chi connectivity index (χ4v) is 7.74. The molecule has 0 saturated heterocycles. The summed E-state index contributed by atoms with van der Waals surface area (Å²) in [6, 6.07) is 20.6. The van der Waals surface area contributed by atoms with E-state index in [4.69, 9.17) is 0 Å². The molecule has 0 radical (unpaired) electrons. The van der Waals surface area contributed by atoms with Crippen molar-refractivity contribution in [3.63, 3.8) is 0 Å². The molecule has 0 aliphatic heterocycles. The zero-order valence-electron chi connectivity index (χ0n) is 31.0. The number of nitrogens with one attached hydrogen (secondary N) is 1. The Hall–Kier alpha value is -5.54. The summed E-state index contributed by atoms with van der Waals surface area (Å²) in [6.07, 6.45) is 8.36. The van der Waals surface area contributed by atoms with Crippen molar-refractivity contribution in [2.24, 2.45) is 0 Å². The maximum atomic E-state index is 12.6. The Bertz CT molecular complexity index is 2060. The predicted molar refractivity (Wildman–Crippen MR) is 196 cm³/mol. The summed E-state index contributed by atoms with van der Waals surface area (Å²) in [5.41, 5.74) is 2.81. The molecule has 2 aliphatic rings. The molecule has 0 bridgehead atoms. The summed E-state index contributed by atoms with van der Waals surface area (Å²) in [5, 5.41) is 8.04. The lowest BCUT2D eigenvalue weighted by atomic mass is 9.67. The van der Waals surface area contributed by atoms with Crippen LogP contribution < -0.4 is 5.32 Å². The van der Waals surface area contributed by atoms with Gasteiger partial charge in [0.25, 0.3) is 5.89 Å². The number of hydrogen-bond donors (Lipinski definition) is 1. The molecule has 1 N–H and O–H groups in total. The highest BCUT2D eigenvalue weighted by Crippen LogP contribution is 2.43. The van der Waals surface area contributed by atoms with E-state index in [1.165, 1.54) is 48.8 Å². The molecule has 2 aliphatic carbocycles. The lowest BCUT2D eigenvalue weighted by Gasteiger charge is -2.37. The number of halogens is 6. The third-order valence-corrected chi connectivity index (χ3v) is 10.7. The summed E-state index contributed by atoms with van der Waals surface area (Å²) in [5.74, 6) is -3.20. The van der Waals surface area contributed by atoms with Gasteiger partial charge in [-0.3, -0.25) is 9.59 Å². The van der Waals surface area contributed by atoms with Crippen LogP contribution in [-0.2, 0) is 34.6 Å². The zero-order valence-corrected chi connectivity index (χ0v) is 31.0. The van der Waals surface area contributed by atoms with Gasteiger partial charge in [0.1, 0.15) is 11.6 Å². The number of carbonyl (C=O) groups is 2. The molecule has 2 aromatic carbocycles. The van der Waals surface area contributed by atoms with Gasteiger partial charge in [0.15, 0.2) is 5.78 Å². The molecule has 0 atom stereocenters. The number of rotatable bonds is 10. The minimum atomic E-state index is -5.02. The van der Waals surface area contributed by atoms with Gasteiger partial charge in [-0.05, 0) is 36.8 Å². The molecule has 10 nitrogen and oxygen atoms in total. The molecule has 0 unspecified atom stereocenters. The number of aromatic nitrogens is 6. The molecule has 7 rings (SSSR count). The summed E-state index contributed by atoms with van der Waals surface area (Å²) in [4.78, 5) is 40.1. The number of hydrogen-bond acceptors (Lipinski definition) is 9. The second-order valence-corrected chi connectivity index (χ2v) is 14.6. The molecular weight excluding hydrogens is 752 g/mol. The van der Waals surface area contributed by atoms with Gasteiger partial charge in [0, 0.05) is 48.5 Å². The molecule has 3 aromatic heterocycles. The number of amides is 1. The first-order chi connectivity index (χ1) is 27.3. The van der Waals surface area contributed by atoms with Crippen LogP contribution in [0.4, 0.5) is 26.3 Å². The first-order valence-corrected chi connectivity index (χ1v) is 18.8. The Balaban J connectivity index is 0.000000193. The second kappa shape index (κ2) is 17.7. The van der Waals surface area contributed by atoms with E-state index in [1.807, 2.05) is 36.4 Å². The number of benzene rings is 2. The fourth-order valence-electron chi connectivity index (χ4n) is 7.74. The van der Waals surface area contributed by atoms with Crippen molar-refractivity contribution in [1.82, 2.24) is 35.5 Å². The maximum absolute atomic E-state index is 12.6. The van der Waals surface area contributed by atoms with Crippen molar-refractivity contribution in [1.29, 1.82) is 0 Å². The van der Waals surface area contributed by atoms with Crippen molar-refractivity contribution < 1.29 is 40.3 Å². The minimum Gasteiger partial charge on any atom is -0.413 e. The van der Waals surface area contributed by atoms with E-state index in [-0.39, 0.29) is 27.8 Å². The molecule has 3 heterocycles. The van der Waals surface area contributed by atoms with Crippen molar-refractivity contribution in [3.05, 3.63) is 120 Å². The summed E-state index contributed by atoms with van der Waals surface area (Å²) in [6.45, 7) is -0.755. The SMILES string of the molecule is FC(F)(F)c1nnc(-c2cnc(CC3(c4ccccc4)CCCCC3)nc2)o1.O=C(CNC(=O)C(F)(F)F)c1cnc(CC2(c3ccccc3)CCCCC2)nc1. The molecule has 0 spiro atoms. The predicted octanol–water partition coefficient (Wildman–Crippen LogP) is 8.77. The third-order valence-electron chi connectivity index (χ3n) is 10.7. The highest BCUT2D eigenvalue weighted by atomic mass is 19.4. The maximum Gasteiger partial charge on any atom is 0.471 e. The van der Waals surface area contributed by atoms with E-state index in [0.29, 0.717) is 24.5 Å². The Kier molecular flexibility index (Phi) is 12.8. The average molecular weight is 794 g/mol. The Morgan fingerprint density at radius 2 is 1.09 bits per heavy atom. The molecule has 300 valence electrons. The van der Waals surface area contributed by atoms with Crippen LogP contribution in [0.1, 0.15) is 103 Å². The number of ketones is 1. The molecule has 57 heavy (non-hydrogen) atoms. The first-order valence-electron chi connectivity index (χ1n) is 18.8. The van der Waals surface area contributed by atoms with Crippen LogP contribution in [0, 0.1) is 0 Å². The van der Waals surface area contributed by atoms with Crippen LogP contribution in [0.15, 0.2) is 89.9 Å². The minimum absolute atomic E-state index is 0.00499. The summed E-state index contributed by atoms with van der Waals surface area (Å²) < 4.78 is 79.2. The fraction of sp³-hybridized carbons (Fsp3) is 0.415. The standard InChI is InChI=1S/C21H22F3N3O2.C20H19F3N4O/c22-21(23,24)19(29)27-14-17(28)15-12-25-18(26-13-15)11-20(9-5-2-6-10-20)16-7-3-1-4-8-16;21-20(22,23)18-27-26-17(28-18)14-12-24-16(25-13-14)11-19(9-5-2-6-10-19)15-7-3-1-4-8-15/h1,3-4,7-8,12-13H,2,5-6,9-11,14H2,(H,27,29);1,3-4,7-8,12-13H,2,5-6,9-11H2. The number of Topliss-reactive ketones (excluding diaryl/α,β-unsaturated/α-hetero) is 1. The van der Waals surface area contributed by atoms with E-state index in [1.54, 1.807) is 5.32 Å². The van der Waals surface area contributed by atoms with Crippen molar-refractivity contribution in [2.75, 3.05) is 6.54 Å². The third kappa shape index (κ3) is 10.5. The molecule has 1 amide bonds. The lowest BCUT2D eigenvalue weighted by molar-refractivity contribution is -0.173. The van der Waals surface area contributed by atoms with Gasteiger partial charge in [-0.1, -0.05) is 99.2 Å². The quantitative estimate of drug-likeness (QED) is 0.109. The van der Waals surface area contributed by atoms with Crippen molar-refractivity contribution >= 4 is 11.7 Å². The van der Waals surface area contributed by atoms with Crippen LogP contribution >= 0.6 is 0 Å². The van der Waals surface area contributed by atoms with Gasteiger partial charge in [-0.25, -0.2) is 19.9 Å². The average Bonchev–Trinajstić information content (AvgIpc) is 3.74. The van der Waals surface area contributed by atoms with Crippen LogP contribution in [0.5, 0.6) is 0 Å². The molecule has 2 fully saturated rings. The van der Waals surface area contributed by atoms with Gasteiger partial charge >= 0.3 is 24.2 Å². The second-order valence-electron chi connectivity index (χ2n) is 14.6. The van der Waals surface area contributed by atoms with Gasteiger partial charge in [-0.2, -0.15) is 26.3 Å². The van der Waals surface area contributed by atoms with E-state index >= 15 is 0 Å². The van der Waals surface area contributed by atoms with Gasteiger partial charge in [0.05, 0.1) is 17.7 Å². The molecule has 16 heteroatoms. The van der Waals surface area contributed by atoms with E-state index < -0.39 is 36.5 Å². The van der Waals surface area contributed by atoms with E-state index in [2.05, 4.69) is 58.8 Å². The molecule has 5 aromatic rings. The normalized spacial score (nSPS) is 16.5. The zero-order chi connectivity index (χ0) is 40.5. The van der Waals surface area contributed by atoms with Crippen molar-refractivity contribution in [3.8, 4) is 11.5 Å². The molecule has 2 saturated carbocycles. The van der Waals surface area contributed by atoms with Crippen LogP contribution in [0.3, 0.4) is 0 Å². The number of carbonyl (C=O) groups excluding carboxylic acids is 2. The van der Waals surface area contributed by atoms with Gasteiger partial charge in [0.2, 0.25) is 0 Å². The smallest absolute Gasteiger partial charge is 0.413 e. The summed E-state index contributed by atoms with van der Waals surface area (Å²) in [7, 11) is 0. The van der Waals surface area contributed by atoms with Crippen LogP contribution in [0.2, 0.25) is 0 Å². The largest absolute Gasteiger partial charge is 0.471 e. The number of alkyl halides is 6. The highest BCUT2D eigenvalue weighted by molar-refractivity contribution is 5.99. The van der Waals surface area contributed by atoms with Crippen molar-refractivity contribution in [2.45, 2.75) is 100 Å².